The third kappa shape index (κ3) is 5.17. The fourth-order valence-electron chi connectivity index (χ4n) is 2.11. The van der Waals surface area contributed by atoms with E-state index in [1.54, 1.807) is 0 Å². The van der Waals surface area contributed by atoms with E-state index >= 15 is 0 Å². The topological polar surface area (TPSA) is 41.1 Å². The first-order valence-electron chi connectivity index (χ1n) is 6.25. The highest BCUT2D eigenvalue weighted by Gasteiger charge is 2.18. The van der Waals surface area contributed by atoms with Gasteiger partial charge in [0, 0.05) is 25.0 Å². The van der Waals surface area contributed by atoms with E-state index in [0.717, 1.165) is 19.4 Å². The fourth-order valence-corrected chi connectivity index (χ4v) is 2.11. The van der Waals surface area contributed by atoms with Gasteiger partial charge in [-0.3, -0.25) is 4.79 Å². The van der Waals surface area contributed by atoms with Crippen LogP contribution in [0, 0.1) is 0 Å². The van der Waals surface area contributed by atoms with Crippen molar-refractivity contribution in [1.82, 2.24) is 10.6 Å². The molecule has 0 aliphatic carbocycles. The summed E-state index contributed by atoms with van der Waals surface area (Å²) in [6, 6.07) is 0.931. The second-order valence-electron chi connectivity index (χ2n) is 4.60. The molecule has 1 amide bonds. The van der Waals surface area contributed by atoms with Crippen molar-refractivity contribution >= 4 is 5.91 Å². The SMILES string of the molecule is CCCCC(C)NC1CCCNC(=O)C1. The summed E-state index contributed by atoms with van der Waals surface area (Å²) in [5.41, 5.74) is 0. The molecule has 1 aliphatic rings. The van der Waals surface area contributed by atoms with Crippen LogP contribution in [-0.4, -0.2) is 24.5 Å². The van der Waals surface area contributed by atoms with Crippen molar-refractivity contribution in [3.63, 3.8) is 0 Å². The summed E-state index contributed by atoms with van der Waals surface area (Å²) in [6.07, 6.45) is 6.61. The monoisotopic (exact) mass is 212 g/mol. The number of unbranched alkanes of at least 4 members (excludes halogenated alkanes) is 1. The number of hydrogen-bond donors (Lipinski definition) is 2. The van der Waals surface area contributed by atoms with Gasteiger partial charge < -0.3 is 10.6 Å². The summed E-state index contributed by atoms with van der Waals surface area (Å²) in [5, 5.41) is 6.48. The highest BCUT2D eigenvalue weighted by molar-refractivity contribution is 5.76. The Hall–Kier alpha value is -0.570. The molecule has 2 atom stereocenters. The predicted molar refractivity (Wildman–Crippen MR) is 62.8 cm³/mol. The van der Waals surface area contributed by atoms with Crippen LogP contribution in [0.15, 0.2) is 0 Å². The van der Waals surface area contributed by atoms with Gasteiger partial charge in [0.15, 0.2) is 0 Å². The van der Waals surface area contributed by atoms with Crippen molar-refractivity contribution in [2.24, 2.45) is 0 Å². The molecule has 2 unspecified atom stereocenters. The molecule has 1 fully saturated rings. The third-order valence-electron chi connectivity index (χ3n) is 2.99. The first-order valence-corrected chi connectivity index (χ1v) is 6.25. The Labute approximate surface area is 93.0 Å². The summed E-state index contributed by atoms with van der Waals surface area (Å²) >= 11 is 0. The first-order chi connectivity index (χ1) is 7.22. The van der Waals surface area contributed by atoms with Gasteiger partial charge in [-0.05, 0) is 26.2 Å². The van der Waals surface area contributed by atoms with Gasteiger partial charge in [0.05, 0.1) is 0 Å². The zero-order chi connectivity index (χ0) is 11.1. The van der Waals surface area contributed by atoms with Crippen molar-refractivity contribution in [3.8, 4) is 0 Å². The molecule has 15 heavy (non-hydrogen) atoms. The molecule has 0 aromatic rings. The number of nitrogens with one attached hydrogen (secondary N) is 2. The van der Waals surface area contributed by atoms with E-state index < -0.39 is 0 Å². The average Bonchev–Trinajstić information content (AvgIpc) is 2.39. The molecule has 3 heteroatoms. The maximum atomic E-state index is 11.3. The van der Waals surface area contributed by atoms with Crippen molar-refractivity contribution < 1.29 is 4.79 Å². The third-order valence-corrected chi connectivity index (χ3v) is 2.99. The molecular formula is C12H24N2O. The lowest BCUT2D eigenvalue weighted by molar-refractivity contribution is -0.121. The summed E-state index contributed by atoms with van der Waals surface area (Å²) in [5.74, 6) is 0.202. The molecule has 1 heterocycles. The smallest absolute Gasteiger partial charge is 0.221 e. The Morgan fingerprint density at radius 2 is 2.40 bits per heavy atom. The van der Waals surface area contributed by atoms with Gasteiger partial charge in [0.25, 0.3) is 0 Å². The molecule has 0 aromatic carbocycles. The van der Waals surface area contributed by atoms with Crippen LogP contribution < -0.4 is 10.6 Å². The summed E-state index contributed by atoms with van der Waals surface area (Å²) in [4.78, 5) is 11.3. The molecule has 88 valence electrons. The number of carbonyl (C=O) groups is 1. The van der Waals surface area contributed by atoms with Gasteiger partial charge in [-0.25, -0.2) is 0 Å². The van der Waals surface area contributed by atoms with Gasteiger partial charge in [0.2, 0.25) is 5.91 Å². The van der Waals surface area contributed by atoms with Crippen LogP contribution in [0.4, 0.5) is 0 Å². The molecule has 0 spiro atoms. The zero-order valence-electron chi connectivity index (χ0n) is 10.0. The number of amides is 1. The predicted octanol–water partition coefficient (Wildman–Crippen LogP) is 1.82. The normalized spacial score (nSPS) is 24.4. The lowest BCUT2D eigenvalue weighted by Crippen LogP contribution is -2.38. The molecule has 1 aliphatic heterocycles. The zero-order valence-corrected chi connectivity index (χ0v) is 10.0. The van der Waals surface area contributed by atoms with E-state index in [1.165, 1.54) is 19.3 Å². The minimum absolute atomic E-state index is 0.202. The second kappa shape index (κ2) is 6.83. The van der Waals surface area contributed by atoms with Crippen LogP contribution >= 0.6 is 0 Å². The van der Waals surface area contributed by atoms with E-state index in [0.29, 0.717) is 18.5 Å². The summed E-state index contributed by atoms with van der Waals surface area (Å²) in [6.45, 7) is 5.28. The molecule has 0 radical (unpaired) electrons. The highest BCUT2D eigenvalue weighted by Crippen LogP contribution is 2.09. The average molecular weight is 212 g/mol. The number of hydrogen-bond acceptors (Lipinski definition) is 2. The van der Waals surface area contributed by atoms with Crippen molar-refractivity contribution in [1.29, 1.82) is 0 Å². The Morgan fingerprint density at radius 3 is 3.13 bits per heavy atom. The minimum Gasteiger partial charge on any atom is -0.356 e. The molecule has 2 N–H and O–H groups in total. The maximum Gasteiger partial charge on any atom is 0.221 e. The van der Waals surface area contributed by atoms with Crippen molar-refractivity contribution in [3.05, 3.63) is 0 Å². The maximum absolute atomic E-state index is 11.3. The highest BCUT2D eigenvalue weighted by atomic mass is 16.1. The Kier molecular flexibility index (Phi) is 5.69. The largest absolute Gasteiger partial charge is 0.356 e. The van der Waals surface area contributed by atoms with Crippen LogP contribution in [-0.2, 0) is 4.79 Å². The van der Waals surface area contributed by atoms with Gasteiger partial charge in [-0.2, -0.15) is 0 Å². The van der Waals surface area contributed by atoms with E-state index in [1.807, 2.05) is 0 Å². The molecule has 0 aromatic heterocycles. The molecule has 3 nitrogen and oxygen atoms in total. The van der Waals surface area contributed by atoms with Crippen molar-refractivity contribution in [2.75, 3.05) is 6.54 Å². The van der Waals surface area contributed by atoms with Crippen molar-refractivity contribution in [2.45, 2.75) is 64.5 Å². The van der Waals surface area contributed by atoms with E-state index in [4.69, 9.17) is 0 Å². The van der Waals surface area contributed by atoms with Crippen LogP contribution in [0.5, 0.6) is 0 Å². The molecule has 1 saturated heterocycles. The number of carbonyl (C=O) groups excluding carboxylic acids is 1. The number of rotatable bonds is 5. The second-order valence-corrected chi connectivity index (χ2v) is 4.60. The van der Waals surface area contributed by atoms with Crippen LogP contribution in [0.3, 0.4) is 0 Å². The lowest BCUT2D eigenvalue weighted by atomic mass is 10.1. The Balaban J connectivity index is 2.25. The Bertz CT molecular complexity index is 194. The molecule has 0 saturated carbocycles. The van der Waals surface area contributed by atoms with E-state index in [2.05, 4.69) is 24.5 Å². The fraction of sp³-hybridized carbons (Fsp3) is 0.917. The molecule has 1 rings (SSSR count). The van der Waals surface area contributed by atoms with Gasteiger partial charge in [0.1, 0.15) is 0 Å². The van der Waals surface area contributed by atoms with Gasteiger partial charge >= 0.3 is 0 Å². The van der Waals surface area contributed by atoms with Gasteiger partial charge in [-0.15, -0.1) is 0 Å². The van der Waals surface area contributed by atoms with Gasteiger partial charge in [-0.1, -0.05) is 19.8 Å². The van der Waals surface area contributed by atoms with Crippen LogP contribution in [0.2, 0.25) is 0 Å². The summed E-state index contributed by atoms with van der Waals surface area (Å²) < 4.78 is 0. The Morgan fingerprint density at radius 1 is 1.60 bits per heavy atom. The minimum atomic E-state index is 0.202. The standard InChI is InChI=1S/C12H24N2O/c1-3-4-6-10(2)14-11-7-5-8-13-12(15)9-11/h10-11,14H,3-9H2,1-2H3,(H,13,15). The van der Waals surface area contributed by atoms with Crippen LogP contribution in [0.25, 0.3) is 0 Å². The quantitative estimate of drug-likeness (QED) is 0.730. The molecule has 0 bridgehead atoms. The van der Waals surface area contributed by atoms with Crippen LogP contribution in [0.1, 0.15) is 52.4 Å². The molecular weight excluding hydrogens is 188 g/mol. The first kappa shape index (κ1) is 12.5. The lowest BCUT2D eigenvalue weighted by Gasteiger charge is -2.21. The van der Waals surface area contributed by atoms with E-state index in [9.17, 15) is 4.79 Å². The summed E-state index contributed by atoms with van der Waals surface area (Å²) in [7, 11) is 0. The van der Waals surface area contributed by atoms with E-state index in [-0.39, 0.29) is 5.91 Å².